The number of nitrogens with zero attached hydrogens (tertiary/aromatic N) is 9. The molecule has 0 spiro atoms. The summed E-state index contributed by atoms with van der Waals surface area (Å²) in [6, 6.07) is 5.98. The molecule has 3 aromatic heterocycles. The van der Waals surface area contributed by atoms with Crippen molar-refractivity contribution in [3.05, 3.63) is 78.3 Å². The third-order valence-electron chi connectivity index (χ3n) is 9.75. The molecule has 12 heteroatoms. The summed E-state index contributed by atoms with van der Waals surface area (Å²) in [6.07, 6.45) is 5.27. The smallest absolute Gasteiger partial charge is 0.131 e. The lowest BCUT2D eigenvalue weighted by Crippen LogP contribution is -2.55. The van der Waals surface area contributed by atoms with Gasteiger partial charge in [-0.15, -0.1) is 0 Å². The van der Waals surface area contributed by atoms with Crippen molar-refractivity contribution in [3.63, 3.8) is 0 Å². The lowest BCUT2D eigenvalue weighted by molar-refractivity contribution is -0.0743. The maximum absolute atomic E-state index is 6.29. The van der Waals surface area contributed by atoms with E-state index in [0.29, 0.717) is 19.8 Å². The number of morpholine rings is 3. The molecule has 0 aliphatic carbocycles. The minimum Gasteiger partial charge on any atom is -0.369 e. The van der Waals surface area contributed by atoms with E-state index < -0.39 is 0 Å². The zero-order valence-electron chi connectivity index (χ0n) is 30.9. The van der Waals surface area contributed by atoms with E-state index in [1.807, 2.05) is 36.8 Å². The summed E-state index contributed by atoms with van der Waals surface area (Å²) in [5.74, 6) is 3.34. The van der Waals surface area contributed by atoms with E-state index in [2.05, 4.69) is 71.2 Å². The Kier molecular flexibility index (Phi) is 12.2. The van der Waals surface area contributed by atoms with Gasteiger partial charge in [-0.05, 0) is 25.1 Å². The normalized spacial score (nSPS) is 23.3. The number of ether oxygens (including phenoxy) is 3. The van der Waals surface area contributed by atoms with Crippen molar-refractivity contribution < 1.29 is 14.2 Å². The monoisotopic (exact) mass is 686 g/mol. The van der Waals surface area contributed by atoms with Gasteiger partial charge in [0.2, 0.25) is 0 Å². The quantitative estimate of drug-likeness (QED) is 0.262. The molecule has 0 N–H and O–H groups in total. The van der Waals surface area contributed by atoms with Gasteiger partial charge in [0.1, 0.15) is 35.8 Å². The number of hydrogen-bond acceptors (Lipinski definition) is 12. The molecule has 1 radical (unpaired) electrons. The zero-order valence-corrected chi connectivity index (χ0v) is 30.9. The molecular weight excluding hydrogens is 630 g/mol. The number of aromatic nitrogens is 6. The average molecular weight is 687 g/mol. The first kappa shape index (κ1) is 36.8. The van der Waals surface area contributed by atoms with Crippen LogP contribution < -0.4 is 0 Å². The highest BCUT2D eigenvalue weighted by Crippen LogP contribution is 2.31. The van der Waals surface area contributed by atoms with Crippen LogP contribution in [0.25, 0.3) is 0 Å². The van der Waals surface area contributed by atoms with Crippen molar-refractivity contribution in [3.8, 4) is 0 Å². The van der Waals surface area contributed by atoms with E-state index in [1.54, 1.807) is 0 Å². The number of hydrogen-bond donors (Lipinski definition) is 0. The van der Waals surface area contributed by atoms with Crippen molar-refractivity contribution in [2.75, 3.05) is 78.7 Å². The van der Waals surface area contributed by atoms with Crippen LogP contribution in [0, 0.1) is 12.3 Å². The van der Waals surface area contributed by atoms with Crippen molar-refractivity contribution in [2.24, 2.45) is 5.41 Å². The summed E-state index contributed by atoms with van der Waals surface area (Å²) in [5, 5.41) is 0. The van der Waals surface area contributed by atoms with Gasteiger partial charge >= 0.3 is 0 Å². The molecule has 0 saturated carbocycles. The van der Waals surface area contributed by atoms with E-state index in [4.69, 9.17) is 36.1 Å². The second-order valence-electron chi connectivity index (χ2n) is 15.3. The highest BCUT2D eigenvalue weighted by atomic mass is 16.5. The summed E-state index contributed by atoms with van der Waals surface area (Å²) < 4.78 is 18.9. The van der Waals surface area contributed by atoms with Gasteiger partial charge < -0.3 is 14.2 Å². The molecule has 12 nitrogen and oxygen atoms in total. The van der Waals surface area contributed by atoms with Crippen molar-refractivity contribution in [1.82, 2.24) is 44.6 Å². The maximum atomic E-state index is 6.29. The van der Waals surface area contributed by atoms with Gasteiger partial charge in [0.15, 0.2) is 0 Å². The summed E-state index contributed by atoms with van der Waals surface area (Å²) in [7, 11) is 0. The average Bonchev–Trinajstić information content (AvgIpc) is 3.12. The van der Waals surface area contributed by atoms with Crippen molar-refractivity contribution in [2.45, 2.75) is 77.6 Å². The van der Waals surface area contributed by atoms with Crippen LogP contribution >= 0.6 is 0 Å². The molecule has 0 unspecified atom stereocenters. The van der Waals surface area contributed by atoms with Crippen LogP contribution in [0.15, 0.2) is 36.8 Å². The zero-order chi connectivity index (χ0) is 35.3. The third kappa shape index (κ3) is 9.45. The Bertz CT molecular complexity index is 1360. The molecule has 3 saturated heterocycles. The fraction of sp³-hybridized carbons (Fsp3) is 0.658. The number of rotatable bonds is 12. The molecule has 0 amide bonds. The van der Waals surface area contributed by atoms with Crippen LogP contribution in [0.3, 0.4) is 0 Å². The molecule has 271 valence electrons. The topological polar surface area (TPSA) is 115 Å². The van der Waals surface area contributed by atoms with Gasteiger partial charge in [-0.25, -0.2) is 29.9 Å². The Balaban J connectivity index is 1.20. The van der Waals surface area contributed by atoms with Crippen LogP contribution in [0.5, 0.6) is 0 Å². The predicted molar refractivity (Wildman–Crippen MR) is 192 cm³/mol. The molecule has 6 rings (SSSR count). The fourth-order valence-electron chi connectivity index (χ4n) is 7.19. The summed E-state index contributed by atoms with van der Waals surface area (Å²) >= 11 is 0. The molecular formula is C38H56N9O3. The van der Waals surface area contributed by atoms with E-state index in [1.165, 1.54) is 0 Å². The molecule has 0 bridgehead atoms. The Morgan fingerprint density at radius 3 is 1.16 bits per heavy atom. The first-order valence-electron chi connectivity index (χ1n) is 18.4. The standard InChI is InChI=1S/C38H56N9O3/c1-26(2)35-39-11-8-29(42-35)32-20-45(14-17-48-32)23-38(7,24-46-15-18-49-33(21-46)30-9-12-40-36(43-30)27(3)4)25-47-16-19-50-34(22-47)31-10-13-41-37(44-31)28(5)6/h8-13,26-28,32-34H,7,14-25H2,1-6H3/t32-,33-,34-/m0/s1. The molecule has 6 heterocycles. The lowest BCUT2D eigenvalue weighted by atomic mass is 9.87. The van der Waals surface area contributed by atoms with E-state index >= 15 is 0 Å². The van der Waals surface area contributed by atoms with Crippen LogP contribution in [0.1, 0.15) is 112 Å². The fourth-order valence-corrected chi connectivity index (χ4v) is 7.19. The minimum atomic E-state index is -0.302. The molecule has 50 heavy (non-hydrogen) atoms. The minimum absolute atomic E-state index is 0.102. The SMILES string of the molecule is [CH2]C(CN1CCO[C@H](c2ccnc(C(C)C)n2)C1)(CN1CCO[C@H](c2ccnc(C(C)C)n2)C1)CN1CCO[C@H](c2ccnc(C(C)C)n2)C1. The van der Waals surface area contributed by atoms with Gasteiger partial charge in [0.05, 0.1) is 36.9 Å². The van der Waals surface area contributed by atoms with E-state index in [9.17, 15) is 0 Å². The Morgan fingerprint density at radius 1 is 0.580 bits per heavy atom. The van der Waals surface area contributed by atoms with Crippen molar-refractivity contribution >= 4 is 0 Å². The highest BCUT2D eigenvalue weighted by Gasteiger charge is 2.38. The Labute approximate surface area is 298 Å². The summed E-state index contributed by atoms with van der Waals surface area (Å²) in [5.41, 5.74) is 2.55. The molecule has 0 aromatic carbocycles. The van der Waals surface area contributed by atoms with Gasteiger partial charge in [0, 0.05) is 101 Å². The summed E-state index contributed by atoms with van der Waals surface area (Å²) in [4.78, 5) is 35.7. The second kappa shape index (κ2) is 16.6. The molecule has 3 atom stereocenters. The first-order valence-corrected chi connectivity index (χ1v) is 18.4. The lowest BCUT2D eigenvalue weighted by Gasteiger charge is -2.46. The van der Waals surface area contributed by atoms with Gasteiger partial charge in [-0.3, -0.25) is 14.7 Å². The van der Waals surface area contributed by atoms with Gasteiger partial charge in [0.25, 0.3) is 0 Å². The van der Waals surface area contributed by atoms with Crippen LogP contribution in [-0.4, -0.2) is 123 Å². The maximum Gasteiger partial charge on any atom is 0.131 e. The second-order valence-corrected chi connectivity index (χ2v) is 15.3. The summed E-state index contributed by atoms with van der Waals surface area (Å²) in [6.45, 7) is 27.1. The highest BCUT2D eigenvalue weighted by molar-refractivity contribution is 5.12. The predicted octanol–water partition coefficient (Wildman–Crippen LogP) is 4.77. The molecule has 3 aliphatic heterocycles. The Morgan fingerprint density at radius 2 is 0.880 bits per heavy atom. The third-order valence-corrected chi connectivity index (χ3v) is 9.75. The first-order chi connectivity index (χ1) is 24.0. The van der Waals surface area contributed by atoms with E-state index in [-0.39, 0.29) is 41.5 Å². The van der Waals surface area contributed by atoms with Gasteiger partial charge in [-0.2, -0.15) is 0 Å². The van der Waals surface area contributed by atoms with Crippen LogP contribution in [-0.2, 0) is 14.2 Å². The molecule has 3 fully saturated rings. The van der Waals surface area contributed by atoms with Crippen LogP contribution in [0.2, 0.25) is 0 Å². The molecule has 3 aliphatic rings. The Hall–Kier alpha value is -3.00. The van der Waals surface area contributed by atoms with Gasteiger partial charge in [-0.1, -0.05) is 41.5 Å². The van der Waals surface area contributed by atoms with E-state index in [0.717, 1.165) is 93.5 Å². The van der Waals surface area contributed by atoms with Crippen LogP contribution in [0.4, 0.5) is 0 Å². The van der Waals surface area contributed by atoms with Crippen molar-refractivity contribution in [1.29, 1.82) is 0 Å². The largest absolute Gasteiger partial charge is 0.369 e. The molecule has 3 aromatic rings.